The maximum absolute atomic E-state index is 6.36. The van der Waals surface area contributed by atoms with E-state index in [-0.39, 0.29) is 0 Å². The fourth-order valence-electron chi connectivity index (χ4n) is 4.92. The molecule has 6 rings (SSSR count). The molecule has 4 nitrogen and oxygen atoms in total. The molecule has 47 heavy (non-hydrogen) atoms. The minimum Gasteiger partial charge on any atom is -0.494 e. The van der Waals surface area contributed by atoms with E-state index in [1.54, 1.807) is 24.8 Å². The van der Waals surface area contributed by atoms with Gasteiger partial charge in [-0.25, -0.2) is 0 Å². The highest BCUT2D eigenvalue weighted by Gasteiger charge is 2.16. The number of nitrogens with zero attached hydrogens (tertiary/aromatic N) is 2. The highest BCUT2D eigenvalue weighted by atomic mass is 31.1. The maximum atomic E-state index is 6.36. The first-order chi connectivity index (χ1) is 23.3. The normalized spacial score (nSPS) is 10.3. The minimum absolute atomic E-state index is 0.522. The average Bonchev–Trinajstić information content (AvgIpc) is 3.14. The second kappa shape index (κ2) is 16.6. The van der Waals surface area contributed by atoms with E-state index in [4.69, 9.17) is 9.47 Å². The van der Waals surface area contributed by atoms with Crippen LogP contribution in [0.15, 0.2) is 152 Å². The summed E-state index contributed by atoms with van der Waals surface area (Å²) in [6.45, 7) is 1.12. The second-order valence-corrected chi connectivity index (χ2v) is 12.8. The predicted octanol–water partition coefficient (Wildman–Crippen LogP) is 7.27. The van der Waals surface area contributed by atoms with Gasteiger partial charge in [-0.3, -0.25) is 9.97 Å². The summed E-state index contributed by atoms with van der Waals surface area (Å²) in [5.74, 6) is 14.6. The smallest absolute Gasteiger partial charge is 0.150 e. The second-order valence-electron chi connectivity index (χ2n) is 10.6. The molecule has 0 N–H and O–H groups in total. The topological polar surface area (TPSA) is 44.2 Å². The van der Waals surface area contributed by atoms with Gasteiger partial charge < -0.3 is 9.47 Å². The van der Waals surface area contributed by atoms with E-state index in [0.717, 1.165) is 40.8 Å². The summed E-state index contributed by atoms with van der Waals surface area (Å²) in [6.07, 6.45) is 8.62. The van der Waals surface area contributed by atoms with Gasteiger partial charge in [0.1, 0.15) is 5.75 Å². The molecule has 0 fully saturated rings. The number of unbranched alkanes of at least 4 members (excludes halogenated alkanes) is 1. The number of para-hydroxylation sites is 1. The van der Waals surface area contributed by atoms with Crippen molar-refractivity contribution in [3.8, 4) is 35.2 Å². The molecule has 0 bridgehead atoms. The zero-order valence-electron chi connectivity index (χ0n) is 25.9. The Kier molecular flexibility index (Phi) is 11.1. The first kappa shape index (κ1) is 31.3. The van der Waals surface area contributed by atoms with Gasteiger partial charge in [0.05, 0.1) is 24.3 Å². The van der Waals surface area contributed by atoms with E-state index in [1.807, 2.05) is 48.5 Å². The van der Waals surface area contributed by atoms with E-state index in [0.29, 0.717) is 19.0 Å². The molecule has 5 heteroatoms. The van der Waals surface area contributed by atoms with Crippen LogP contribution in [-0.4, -0.2) is 23.2 Å². The number of pyridine rings is 2. The Labute approximate surface area is 278 Å². The summed E-state index contributed by atoms with van der Waals surface area (Å²) in [6, 6.07) is 43.4. The average molecular weight is 629 g/mol. The van der Waals surface area contributed by atoms with E-state index < -0.39 is 7.92 Å². The molecule has 2 heterocycles. The lowest BCUT2D eigenvalue weighted by molar-refractivity contribution is 0.266. The Bertz CT molecular complexity index is 1880. The molecule has 6 aromatic rings. The lowest BCUT2D eigenvalue weighted by Crippen LogP contribution is -2.20. The summed E-state index contributed by atoms with van der Waals surface area (Å²) in [5, 5.41) is 3.90. The van der Waals surface area contributed by atoms with Crippen molar-refractivity contribution < 1.29 is 9.47 Å². The van der Waals surface area contributed by atoms with Crippen LogP contribution in [0.25, 0.3) is 0 Å². The number of hydrogen-bond acceptors (Lipinski definition) is 4. The van der Waals surface area contributed by atoms with E-state index >= 15 is 0 Å². The van der Waals surface area contributed by atoms with Crippen molar-refractivity contribution in [2.24, 2.45) is 0 Å². The number of benzene rings is 4. The quantitative estimate of drug-likeness (QED) is 0.0910. The number of rotatable bonds is 10. The molecule has 0 aliphatic heterocycles. The van der Waals surface area contributed by atoms with Gasteiger partial charge in [-0.15, -0.1) is 0 Å². The Hall–Kier alpha value is -5.67. The van der Waals surface area contributed by atoms with Crippen molar-refractivity contribution in [1.82, 2.24) is 9.97 Å². The fraction of sp³-hybridized carbons (Fsp3) is 0.0952. The monoisotopic (exact) mass is 628 g/mol. The molecule has 0 radical (unpaired) electrons. The van der Waals surface area contributed by atoms with Crippen LogP contribution >= 0.6 is 7.92 Å². The predicted molar refractivity (Wildman–Crippen MR) is 192 cm³/mol. The van der Waals surface area contributed by atoms with Crippen molar-refractivity contribution in [1.29, 1.82) is 0 Å². The van der Waals surface area contributed by atoms with Gasteiger partial charge in [-0.2, -0.15) is 0 Å². The molecule has 0 aliphatic carbocycles. The third-order valence-corrected chi connectivity index (χ3v) is 9.64. The highest BCUT2D eigenvalue weighted by molar-refractivity contribution is 7.79. The summed E-state index contributed by atoms with van der Waals surface area (Å²) in [4.78, 5) is 8.16. The number of ether oxygens (including phenoxy) is 2. The van der Waals surface area contributed by atoms with Crippen molar-refractivity contribution in [3.05, 3.63) is 174 Å². The van der Waals surface area contributed by atoms with E-state index in [2.05, 4.69) is 113 Å². The van der Waals surface area contributed by atoms with Crippen LogP contribution in [-0.2, 0) is 0 Å². The fourth-order valence-corrected chi connectivity index (χ4v) is 7.25. The van der Waals surface area contributed by atoms with Gasteiger partial charge in [-0.1, -0.05) is 103 Å². The molecule has 0 spiro atoms. The Balaban J connectivity index is 1.11. The molecule has 0 saturated heterocycles. The summed E-state index contributed by atoms with van der Waals surface area (Å²) < 4.78 is 12.6. The van der Waals surface area contributed by atoms with Gasteiger partial charge in [-0.05, 0) is 85.2 Å². The summed E-state index contributed by atoms with van der Waals surface area (Å²) in [7, 11) is -0.684. The summed E-state index contributed by atoms with van der Waals surface area (Å²) in [5.41, 5.74) is 3.37. The van der Waals surface area contributed by atoms with E-state index in [1.165, 1.54) is 15.9 Å². The van der Waals surface area contributed by atoms with Gasteiger partial charge in [0.2, 0.25) is 0 Å². The molecule has 0 amide bonds. The van der Waals surface area contributed by atoms with Crippen LogP contribution < -0.4 is 25.4 Å². The van der Waals surface area contributed by atoms with E-state index in [9.17, 15) is 0 Å². The summed E-state index contributed by atoms with van der Waals surface area (Å²) >= 11 is 0. The molecule has 0 aliphatic rings. The van der Waals surface area contributed by atoms with Crippen LogP contribution in [0.2, 0.25) is 0 Å². The van der Waals surface area contributed by atoms with Gasteiger partial charge in [0.15, 0.2) is 5.75 Å². The van der Waals surface area contributed by atoms with Crippen molar-refractivity contribution in [3.63, 3.8) is 0 Å². The zero-order valence-corrected chi connectivity index (χ0v) is 26.8. The van der Waals surface area contributed by atoms with Crippen molar-refractivity contribution in [2.75, 3.05) is 13.2 Å². The van der Waals surface area contributed by atoms with Gasteiger partial charge in [0.25, 0.3) is 0 Å². The molecular formula is C42H33N2O2P. The van der Waals surface area contributed by atoms with Gasteiger partial charge >= 0.3 is 0 Å². The minimum atomic E-state index is -0.684. The number of hydrogen-bond donors (Lipinski definition) is 0. The molecule has 0 saturated carbocycles. The maximum Gasteiger partial charge on any atom is 0.150 e. The first-order valence-electron chi connectivity index (χ1n) is 15.6. The molecule has 0 unspecified atom stereocenters. The lowest BCUT2D eigenvalue weighted by Gasteiger charge is -2.20. The Morgan fingerprint density at radius 2 is 0.957 bits per heavy atom. The third-order valence-electron chi connectivity index (χ3n) is 7.22. The van der Waals surface area contributed by atoms with Crippen LogP contribution in [0, 0.1) is 23.7 Å². The zero-order chi connectivity index (χ0) is 31.9. The van der Waals surface area contributed by atoms with Crippen LogP contribution in [0.5, 0.6) is 11.5 Å². The van der Waals surface area contributed by atoms with Crippen LogP contribution in [0.3, 0.4) is 0 Å². The Morgan fingerprint density at radius 3 is 1.51 bits per heavy atom. The number of aromatic nitrogens is 2. The van der Waals surface area contributed by atoms with Crippen LogP contribution in [0.1, 0.15) is 35.1 Å². The molecule has 228 valence electrons. The van der Waals surface area contributed by atoms with Crippen molar-refractivity contribution in [2.45, 2.75) is 12.8 Å². The largest absolute Gasteiger partial charge is 0.494 e. The molecule has 0 atom stereocenters. The Morgan fingerprint density at radius 1 is 0.468 bits per heavy atom. The molecule has 4 aromatic carbocycles. The van der Waals surface area contributed by atoms with Crippen molar-refractivity contribution >= 4 is 23.8 Å². The van der Waals surface area contributed by atoms with Crippen LogP contribution in [0.4, 0.5) is 0 Å². The lowest BCUT2D eigenvalue weighted by atomic mass is 10.1. The van der Waals surface area contributed by atoms with Gasteiger partial charge in [0, 0.05) is 35.9 Å². The first-order valence-corrected chi connectivity index (χ1v) is 16.9. The third kappa shape index (κ3) is 8.96. The molecule has 2 aromatic heterocycles. The molecular weight excluding hydrogens is 595 g/mol. The standard InChI is InChI=1S/C42H33N2O2P/c1-3-14-39(15-4-1)47(40-16-5-2-6-17-40)41-18-10-13-38(33-41)45-31-7-8-32-46-42-36(21-19-34-23-27-43-28-24-34)11-9-12-37(42)22-20-35-25-29-44-30-26-35/h1-6,9-18,23-30,33H,7-8,31-32H2. The SMILES string of the molecule is C(#Cc1cccc(C#Cc2ccncc2)c1OCCCCOc1cccc(P(c2ccccc2)c2ccccc2)c1)c1ccncc1. The highest BCUT2D eigenvalue weighted by Crippen LogP contribution is 2.33.